The SMILES string of the molecule is CC(C)(C)OC(=O)CC(=O)Nc1ccc2nc(SCCC(F)(F)F)sc2c1. The number of esters is 1. The highest BCUT2D eigenvalue weighted by molar-refractivity contribution is 8.01. The van der Waals surface area contributed by atoms with Crippen molar-refractivity contribution in [3.05, 3.63) is 18.2 Å². The predicted molar refractivity (Wildman–Crippen MR) is 100 cm³/mol. The number of fused-ring (bicyclic) bond motifs is 1. The molecule has 0 saturated carbocycles. The van der Waals surface area contributed by atoms with Crippen molar-refractivity contribution in [3.8, 4) is 0 Å². The number of rotatable bonds is 6. The summed E-state index contributed by atoms with van der Waals surface area (Å²) in [5.74, 6) is -1.22. The molecule has 1 aromatic heterocycles. The molecule has 0 atom stereocenters. The van der Waals surface area contributed by atoms with Crippen LogP contribution in [-0.2, 0) is 14.3 Å². The molecule has 1 N–H and O–H groups in total. The van der Waals surface area contributed by atoms with Crippen LogP contribution in [-0.4, -0.2) is 34.4 Å². The van der Waals surface area contributed by atoms with Gasteiger partial charge in [0.25, 0.3) is 0 Å². The van der Waals surface area contributed by atoms with E-state index in [1.807, 2.05) is 0 Å². The summed E-state index contributed by atoms with van der Waals surface area (Å²) < 4.78 is 43.0. The van der Waals surface area contributed by atoms with E-state index in [2.05, 4.69) is 10.3 Å². The number of amides is 1. The first-order valence-electron chi connectivity index (χ1n) is 8.03. The van der Waals surface area contributed by atoms with Crippen molar-refractivity contribution in [2.75, 3.05) is 11.1 Å². The van der Waals surface area contributed by atoms with Gasteiger partial charge in [-0.2, -0.15) is 13.2 Å². The topological polar surface area (TPSA) is 68.3 Å². The lowest BCUT2D eigenvalue weighted by Crippen LogP contribution is -2.27. The van der Waals surface area contributed by atoms with Crippen molar-refractivity contribution in [2.45, 2.75) is 49.7 Å². The lowest BCUT2D eigenvalue weighted by atomic mass is 10.2. The minimum atomic E-state index is -4.19. The quantitative estimate of drug-likeness (QED) is 0.404. The Morgan fingerprint density at radius 3 is 2.59 bits per heavy atom. The first kappa shape index (κ1) is 21.5. The lowest BCUT2D eigenvalue weighted by Gasteiger charge is -2.19. The van der Waals surface area contributed by atoms with Gasteiger partial charge in [-0.05, 0) is 39.0 Å². The molecule has 0 unspecified atom stereocenters. The third-order valence-corrected chi connectivity index (χ3v) is 5.15. The number of benzene rings is 1. The third kappa shape index (κ3) is 7.76. The van der Waals surface area contributed by atoms with Gasteiger partial charge in [0.15, 0.2) is 4.34 Å². The molecule has 1 amide bonds. The summed E-state index contributed by atoms with van der Waals surface area (Å²) in [4.78, 5) is 27.9. The van der Waals surface area contributed by atoms with Crippen molar-refractivity contribution in [3.63, 3.8) is 0 Å². The van der Waals surface area contributed by atoms with E-state index in [1.54, 1.807) is 39.0 Å². The van der Waals surface area contributed by atoms with E-state index < -0.39 is 36.5 Å². The van der Waals surface area contributed by atoms with Crippen LogP contribution in [0.5, 0.6) is 0 Å². The van der Waals surface area contributed by atoms with E-state index >= 15 is 0 Å². The highest BCUT2D eigenvalue weighted by Gasteiger charge is 2.26. The first-order chi connectivity index (χ1) is 12.4. The van der Waals surface area contributed by atoms with E-state index in [0.717, 1.165) is 16.5 Å². The minimum absolute atomic E-state index is 0.0944. The molecule has 0 aliphatic heterocycles. The van der Waals surface area contributed by atoms with Crippen LogP contribution in [0.2, 0.25) is 0 Å². The monoisotopic (exact) mass is 420 g/mol. The van der Waals surface area contributed by atoms with Gasteiger partial charge < -0.3 is 10.1 Å². The molecule has 0 aliphatic carbocycles. The van der Waals surface area contributed by atoms with Gasteiger partial charge in [0, 0.05) is 11.4 Å². The Labute approximate surface area is 162 Å². The van der Waals surface area contributed by atoms with Gasteiger partial charge >= 0.3 is 12.1 Å². The van der Waals surface area contributed by atoms with Crippen LogP contribution < -0.4 is 5.32 Å². The van der Waals surface area contributed by atoms with E-state index in [-0.39, 0.29) is 5.75 Å². The van der Waals surface area contributed by atoms with Crippen LogP contribution in [0.25, 0.3) is 10.2 Å². The highest BCUT2D eigenvalue weighted by atomic mass is 32.2. The zero-order chi connectivity index (χ0) is 20.2. The molecule has 10 heteroatoms. The van der Waals surface area contributed by atoms with Crippen LogP contribution in [0.15, 0.2) is 22.5 Å². The molecular formula is C17H19F3N2O3S2. The Morgan fingerprint density at radius 2 is 1.96 bits per heavy atom. The number of nitrogens with one attached hydrogen (secondary N) is 1. The molecule has 0 aliphatic rings. The maximum atomic E-state index is 12.2. The number of anilines is 1. The second kappa shape index (κ2) is 8.47. The summed E-state index contributed by atoms with van der Waals surface area (Å²) in [7, 11) is 0. The van der Waals surface area contributed by atoms with Crippen LogP contribution in [0.1, 0.15) is 33.6 Å². The molecule has 0 saturated heterocycles. The van der Waals surface area contributed by atoms with Gasteiger partial charge in [-0.25, -0.2) is 4.98 Å². The average Bonchev–Trinajstić information content (AvgIpc) is 2.85. The Bertz CT molecular complexity index is 829. The lowest BCUT2D eigenvalue weighted by molar-refractivity contribution is -0.155. The molecule has 148 valence electrons. The fraction of sp³-hybridized carbons (Fsp3) is 0.471. The number of nitrogens with zero attached hydrogens (tertiary/aromatic N) is 1. The first-order valence-corrected chi connectivity index (χ1v) is 9.83. The number of carbonyl (C=O) groups is 2. The molecule has 0 bridgehead atoms. The fourth-order valence-electron chi connectivity index (χ4n) is 2.01. The maximum Gasteiger partial charge on any atom is 0.389 e. The largest absolute Gasteiger partial charge is 0.460 e. The van der Waals surface area contributed by atoms with Crippen molar-refractivity contribution in [1.82, 2.24) is 4.98 Å². The standard InChI is InChI=1S/C17H19F3N2O3S2/c1-16(2,3)25-14(24)9-13(23)21-10-4-5-11-12(8-10)27-15(22-11)26-7-6-17(18,19)20/h4-5,8H,6-7,9H2,1-3H3,(H,21,23). The maximum absolute atomic E-state index is 12.2. The number of carbonyl (C=O) groups excluding carboxylic acids is 2. The number of aromatic nitrogens is 1. The van der Waals surface area contributed by atoms with Gasteiger partial charge in [0.2, 0.25) is 5.91 Å². The summed E-state index contributed by atoms with van der Waals surface area (Å²) in [5, 5.41) is 2.61. The predicted octanol–water partition coefficient (Wildman–Crippen LogP) is 5.01. The molecule has 0 radical (unpaired) electrons. The average molecular weight is 420 g/mol. The zero-order valence-electron chi connectivity index (χ0n) is 15.0. The van der Waals surface area contributed by atoms with Crippen LogP contribution in [0.3, 0.4) is 0 Å². The number of thiazole rings is 1. The summed E-state index contributed by atoms with van der Waals surface area (Å²) in [5.41, 5.74) is 0.449. The fourth-order valence-corrected chi connectivity index (χ4v) is 4.17. The second-order valence-electron chi connectivity index (χ2n) is 6.69. The van der Waals surface area contributed by atoms with E-state index in [9.17, 15) is 22.8 Å². The van der Waals surface area contributed by atoms with Gasteiger partial charge in [0.1, 0.15) is 12.0 Å². The Hall–Kier alpha value is -1.81. The minimum Gasteiger partial charge on any atom is -0.460 e. The van der Waals surface area contributed by atoms with E-state index in [1.165, 1.54) is 11.3 Å². The van der Waals surface area contributed by atoms with Gasteiger partial charge in [-0.1, -0.05) is 11.8 Å². The Balaban J connectivity index is 1.95. The molecule has 1 heterocycles. The van der Waals surface area contributed by atoms with Crippen molar-refractivity contribution >= 4 is 50.9 Å². The second-order valence-corrected chi connectivity index (χ2v) is 9.06. The Kier molecular flexibility index (Phi) is 6.74. The van der Waals surface area contributed by atoms with Crippen LogP contribution in [0, 0.1) is 0 Å². The van der Waals surface area contributed by atoms with Gasteiger partial charge in [-0.15, -0.1) is 11.3 Å². The summed E-state index contributed by atoms with van der Waals surface area (Å²) in [6, 6.07) is 4.97. The summed E-state index contributed by atoms with van der Waals surface area (Å²) in [6.45, 7) is 5.14. The number of ether oxygens (including phenoxy) is 1. The normalized spacial score (nSPS) is 12.2. The Morgan fingerprint density at radius 1 is 1.26 bits per heavy atom. The number of hydrogen-bond acceptors (Lipinski definition) is 6. The van der Waals surface area contributed by atoms with E-state index in [0.29, 0.717) is 15.5 Å². The summed E-state index contributed by atoms with van der Waals surface area (Å²) >= 11 is 2.30. The van der Waals surface area contributed by atoms with Gasteiger partial charge in [0.05, 0.1) is 16.6 Å². The van der Waals surface area contributed by atoms with Crippen molar-refractivity contribution in [2.24, 2.45) is 0 Å². The molecular weight excluding hydrogens is 401 g/mol. The molecule has 0 fully saturated rings. The molecule has 27 heavy (non-hydrogen) atoms. The number of halogens is 3. The molecule has 1 aromatic carbocycles. The number of thioether (sulfide) groups is 1. The third-order valence-electron chi connectivity index (χ3n) is 2.99. The molecule has 5 nitrogen and oxygen atoms in total. The molecule has 0 spiro atoms. The smallest absolute Gasteiger partial charge is 0.389 e. The highest BCUT2D eigenvalue weighted by Crippen LogP contribution is 2.33. The number of alkyl halides is 3. The number of hydrogen-bond donors (Lipinski definition) is 1. The molecule has 2 aromatic rings. The van der Waals surface area contributed by atoms with Crippen molar-refractivity contribution < 1.29 is 27.5 Å². The van der Waals surface area contributed by atoms with Gasteiger partial charge in [-0.3, -0.25) is 9.59 Å². The van der Waals surface area contributed by atoms with Crippen LogP contribution in [0.4, 0.5) is 18.9 Å². The van der Waals surface area contributed by atoms with E-state index in [4.69, 9.17) is 4.74 Å². The molecule has 2 rings (SSSR count). The summed E-state index contributed by atoms with van der Waals surface area (Å²) in [6.07, 6.45) is -5.47. The van der Waals surface area contributed by atoms with Crippen LogP contribution >= 0.6 is 23.1 Å². The zero-order valence-corrected chi connectivity index (χ0v) is 16.6. The van der Waals surface area contributed by atoms with Crippen molar-refractivity contribution in [1.29, 1.82) is 0 Å².